The maximum Gasteiger partial charge on any atom is 0.334 e. The second kappa shape index (κ2) is 5.03. The summed E-state index contributed by atoms with van der Waals surface area (Å²) < 4.78 is 10.5. The second-order valence-corrected chi connectivity index (χ2v) is 5.05. The van der Waals surface area contributed by atoms with Crippen LogP contribution in [0.5, 0.6) is 11.5 Å². The van der Waals surface area contributed by atoms with Crippen molar-refractivity contribution >= 4 is 12.4 Å². The lowest BCUT2D eigenvalue weighted by atomic mass is 9.89. The highest BCUT2D eigenvalue weighted by Crippen LogP contribution is 2.38. The number of amides is 1. The van der Waals surface area contributed by atoms with E-state index in [9.17, 15) is 14.7 Å². The third-order valence-corrected chi connectivity index (χ3v) is 3.54. The highest BCUT2D eigenvalue weighted by molar-refractivity contribution is 5.83. The van der Waals surface area contributed by atoms with Crippen LogP contribution in [0.3, 0.4) is 0 Å². The number of hydrogen-bond acceptors (Lipinski definition) is 4. The summed E-state index contributed by atoms with van der Waals surface area (Å²) in [7, 11) is 0. The lowest BCUT2D eigenvalue weighted by Crippen LogP contribution is -2.52. The predicted molar refractivity (Wildman–Crippen MR) is 70.6 cm³/mol. The van der Waals surface area contributed by atoms with Crippen molar-refractivity contribution in [1.82, 2.24) is 4.90 Å². The van der Waals surface area contributed by atoms with Gasteiger partial charge in [-0.05, 0) is 38.5 Å². The summed E-state index contributed by atoms with van der Waals surface area (Å²) in [6.07, 6.45) is 0.559. The van der Waals surface area contributed by atoms with Crippen molar-refractivity contribution in [3.8, 4) is 11.5 Å². The van der Waals surface area contributed by atoms with Crippen LogP contribution in [0.4, 0.5) is 0 Å². The van der Waals surface area contributed by atoms with Gasteiger partial charge in [0.05, 0.1) is 0 Å². The Morgan fingerprint density at radius 3 is 2.60 bits per heavy atom. The van der Waals surface area contributed by atoms with Gasteiger partial charge in [0.15, 0.2) is 17.0 Å². The number of carbonyl (C=O) groups is 2. The number of nitrogens with zero attached hydrogens (tertiary/aromatic N) is 1. The molecule has 6 nitrogen and oxygen atoms in total. The number of aliphatic carboxylic acids is 1. The number of rotatable bonds is 5. The molecule has 6 heteroatoms. The summed E-state index contributed by atoms with van der Waals surface area (Å²) in [5.74, 6) is -0.0366. The van der Waals surface area contributed by atoms with Gasteiger partial charge in [0.1, 0.15) is 0 Å². The average molecular weight is 279 g/mol. The number of ether oxygens (including phenoxy) is 2. The van der Waals surface area contributed by atoms with E-state index in [1.807, 2.05) is 0 Å². The minimum atomic E-state index is -1.46. The van der Waals surface area contributed by atoms with Gasteiger partial charge in [-0.25, -0.2) is 4.79 Å². The van der Waals surface area contributed by atoms with Gasteiger partial charge in [-0.3, -0.25) is 4.79 Å². The Morgan fingerprint density at radius 1 is 1.40 bits per heavy atom. The minimum absolute atomic E-state index is 0.115. The Morgan fingerprint density at radius 2 is 2.05 bits per heavy atom. The van der Waals surface area contributed by atoms with Crippen molar-refractivity contribution in [2.75, 3.05) is 6.79 Å². The molecule has 0 aliphatic carbocycles. The first-order valence-corrected chi connectivity index (χ1v) is 6.28. The fraction of sp³-hybridized carbons (Fsp3) is 0.429. The van der Waals surface area contributed by atoms with Gasteiger partial charge in [-0.2, -0.15) is 0 Å². The number of carboxylic acids is 1. The molecule has 1 aliphatic rings. The van der Waals surface area contributed by atoms with E-state index >= 15 is 0 Å². The van der Waals surface area contributed by atoms with Crippen molar-refractivity contribution in [1.29, 1.82) is 0 Å². The van der Waals surface area contributed by atoms with Crippen LogP contribution in [0.15, 0.2) is 18.2 Å². The highest BCUT2D eigenvalue weighted by atomic mass is 16.7. The van der Waals surface area contributed by atoms with Crippen molar-refractivity contribution in [2.45, 2.75) is 32.4 Å². The van der Waals surface area contributed by atoms with Crippen LogP contribution >= 0.6 is 0 Å². The number of carboxylic acid groups (broad SMARTS) is 1. The van der Waals surface area contributed by atoms with Crippen molar-refractivity contribution in [3.05, 3.63) is 23.8 Å². The first-order valence-electron chi connectivity index (χ1n) is 6.28. The van der Waals surface area contributed by atoms with Gasteiger partial charge in [0.2, 0.25) is 13.2 Å². The summed E-state index contributed by atoms with van der Waals surface area (Å²) in [4.78, 5) is 24.3. The molecule has 0 bridgehead atoms. The third kappa shape index (κ3) is 2.07. The van der Waals surface area contributed by atoms with E-state index in [4.69, 9.17) is 9.47 Å². The largest absolute Gasteiger partial charge is 0.479 e. The molecule has 108 valence electrons. The Balaban J connectivity index is 2.52. The maximum absolute atomic E-state index is 11.8. The molecule has 1 aromatic carbocycles. The van der Waals surface area contributed by atoms with Crippen molar-refractivity contribution in [3.63, 3.8) is 0 Å². The molecular weight excluding hydrogens is 262 g/mol. The quantitative estimate of drug-likeness (QED) is 0.828. The zero-order chi connectivity index (χ0) is 14.9. The zero-order valence-corrected chi connectivity index (χ0v) is 11.6. The minimum Gasteiger partial charge on any atom is -0.479 e. The molecule has 0 saturated carbocycles. The molecule has 1 aromatic rings. The third-order valence-electron chi connectivity index (χ3n) is 3.54. The molecular formula is C14H17NO5. The monoisotopic (exact) mass is 279 g/mol. The fourth-order valence-electron chi connectivity index (χ4n) is 2.33. The van der Waals surface area contributed by atoms with E-state index in [0.717, 1.165) is 0 Å². The van der Waals surface area contributed by atoms with Crippen LogP contribution in [-0.4, -0.2) is 35.2 Å². The molecule has 1 N–H and O–H groups in total. The summed E-state index contributed by atoms with van der Waals surface area (Å²) in [6.45, 7) is 5.15. The molecule has 1 aliphatic heterocycles. The lowest BCUT2D eigenvalue weighted by Gasteiger charge is -2.38. The normalized spacial score (nSPS) is 15.8. The highest BCUT2D eigenvalue weighted by Gasteiger charge is 2.43. The summed E-state index contributed by atoms with van der Waals surface area (Å²) in [6, 6.07) is 4.65. The van der Waals surface area contributed by atoms with Crippen LogP contribution in [0.1, 0.15) is 26.3 Å². The predicted octanol–water partition coefficient (Wildman–Crippen LogP) is 1.58. The van der Waals surface area contributed by atoms with E-state index in [1.165, 1.54) is 11.8 Å². The van der Waals surface area contributed by atoms with Crippen LogP contribution in [0.2, 0.25) is 0 Å². The molecule has 0 saturated heterocycles. The summed E-state index contributed by atoms with van der Waals surface area (Å²) in [5.41, 5.74) is -0.994. The van der Waals surface area contributed by atoms with E-state index in [0.29, 0.717) is 23.5 Å². The van der Waals surface area contributed by atoms with E-state index in [1.54, 1.807) is 32.0 Å². The number of hydrogen-bond donors (Lipinski definition) is 1. The molecule has 1 unspecified atom stereocenters. The van der Waals surface area contributed by atoms with Crippen molar-refractivity contribution in [2.24, 2.45) is 0 Å². The Kier molecular flexibility index (Phi) is 3.57. The van der Waals surface area contributed by atoms with Gasteiger partial charge >= 0.3 is 5.97 Å². The number of fused-ring (bicyclic) bond motifs is 1. The van der Waals surface area contributed by atoms with Gasteiger partial charge in [0, 0.05) is 6.04 Å². The first-order chi connectivity index (χ1) is 9.41. The van der Waals surface area contributed by atoms with Crippen molar-refractivity contribution < 1.29 is 24.2 Å². The molecule has 2 rings (SSSR count). The smallest absolute Gasteiger partial charge is 0.334 e. The van der Waals surface area contributed by atoms with Gasteiger partial charge in [-0.1, -0.05) is 6.07 Å². The standard InChI is InChI=1S/C14H17NO5/c1-9(2)15(7-16)14(3,13(17)18)10-4-5-11-12(6-10)20-8-19-11/h4-7,9H,8H2,1-3H3,(H,17,18). The molecule has 1 amide bonds. The van der Waals surface area contributed by atoms with E-state index < -0.39 is 11.5 Å². The van der Waals surface area contributed by atoms with Crippen LogP contribution in [0, 0.1) is 0 Å². The summed E-state index contributed by atoms with van der Waals surface area (Å²) >= 11 is 0. The number of benzene rings is 1. The topological polar surface area (TPSA) is 76.1 Å². The second-order valence-electron chi connectivity index (χ2n) is 5.05. The van der Waals surface area contributed by atoms with Gasteiger partial charge < -0.3 is 19.5 Å². The molecule has 0 fully saturated rings. The summed E-state index contributed by atoms with van der Waals surface area (Å²) in [5, 5.41) is 9.61. The molecule has 0 spiro atoms. The van der Waals surface area contributed by atoms with Crippen LogP contribution in [0.25, 0.3) is 0 Å². The van der Waals surface area contributed by atoms with E-state index in [-0.39, 0.29) is 12.8 Å². The zero-order valence-electron chi connectivity index (χ0n) is 11.6. The first kappa shape index (κ1) is 14.2. The Labute approximate surface area is 116 Å². The average Bonchev–Trinajstić information content (AvgIpc) is 2.85. The lowest BCUT2D eigenvalue weighted by molar-refractivity contribution is -0.156. The van der Waals surface area contributed by atoms with Crippen LogP contribution in [-0.2, 0) is 15.1 Å². The molecule has 0 radical (unpaired) electrons. The Bertz CT molecular complexity index is 542. The fourth-order valence-corrected chi connectivity index (χ4v) is 2.33. The molecule has 20 heavy (non-hydrogen) atoms. The van der Waals surface area contributed by atoms with Gasteiger partial charge in [0.25, 0.3) is 0 Å². The van der Waals surface area contributed by atoms with Gasteiger partial charge in [-0.15, -0.1) is 0 Å². The van der Waals surface area contributed by atoms with Crippen LogP contribution < -0.4 is 9.47 Å². The number of carbonyl (C=O) groups excluding carboxylic acids is 1. The van der Waals surface area contributed by atoms with E-state index in [2.05, 4.69) is 0 Å². The SMILES string of the molecule is CC(C)N(C=O)C(C)(C(=O)O)c1ccc2c(c1)OCO2. The maximum atomic E-state index is 11.8. The molecule has 1 atom stereocenters. The molecule has 0 aromatic heterocycles. The Hall–Kier alpha value is -2.24. The molecule has 1 heterocycles.